The Morgan fingerprint density at radius 1 is 1.35 bits per heavy atom. The molecule has 2 unspecified atom stereocenters. The molecule has 0 bridgehead atoms. The van der Waals surface area contributed by atoms with Gasteiger partial charge in [-0.3, -0.25) is 4.90 Å². The molecule has 3 nitrogen and oxygen atoms in total. The van der Waals surface area contributed by atoms with Crippen LogP contribution >= 0.6 is 0 Å². The third-order valence-electron chi connectivity index (χ3n) is 4.38. The van der Waals surface area contributed by atoms with E-state index in [2.05, 4.69) is 23.1 Å². The first-order chi connectivity index (χ1) is 9.29. The van der Waals surface area contributed by atoms with Gasteiger partial charge in [-0.2, -0.15) is 0 Å². The lowest BCUT2D eigenvalue weighted by Crippen LogP contribution is -2.46. The van der Waals surface area contributed by atoms with Crippen LogP contribution in [0.4, 0.5) is 0 Å². The first kappa shape index (κ1) is 15.5. The Morgan fingerprint density at radius 3 is 2.70 bits per heavy atom. The topological polar surface area (TPSA) is 43.7 Å². The molecule has 20 heavy (non-hydrogen) atoms. The quantitative estimate of drug-likeness (QED) is 0.889. The molecule has 2 atom stereocenters. The Labute approximate surface area is 122 Å². The van der Waals surface area contributed by atoms with Gasteiger partial charge in [0.1, 0.15) is 0 Å². The van der Waals surface area contributed by atoms with Gasteiger partial charge >= 0.3 is 0 Å². The number of likely N-dealkylation sites (tertiary alicyclic amines) is 1. The molecule has 1 aliphatic heterocycles. The number of benzene rings is 1. The zero-order valence-corrected chi connectivity index (χ0v) is 13.1. The maximum Gasteiger partial charge on any atom is 0.0919 e. The van der Waals surface area contributed by atoms with Gasteiger partial charge in [0.15, 0.2) is 0 Å². The minimum Gasteiger partial charge on any atom is -0.389 e. The van der Waals surface area contributed by atoms with Crippen molar-refractivity contribution >= 4 is 0 Å². The van der Waals surface area contributed by atoms with E-state index in [1.165, 1.54) is 5.56 Å². The minimum atomic E-state index is -0.710. The van der Waals surface area contributed by atoms with Gasteiger partial charge in [0.05, 0.1) is 11.7 Å². The first-order valence-corrected chi connectivity index (χ1v) is 7.50. The highest BCUT2D eigenvalue weighted by molar-refractivity contribution is 5.32. The number of rotatable bonds is 4. The van der Waals surface area contributed by atoms with Crippen molar-refractivity contribution in [1.82, 2.24) is 4.90 Å². The second-order valence-corrected chi connectivity index (χ2v) is 6.68. The molecule has 1 fully saturated rings. The van der Waals surface area contributed by atoms with Crippen molar-refractivity contribution in [2.75, 3.05) is 13.1 Å². The van der Waals surface area contributed by atoms with Crippen molar-refractivity contribution in [1.29, 1.82) is 0 Å². The summed E-state index contributed by atoms with van der Waals surface area (Å²) in [6, 6.07) is 6.34. The summed E-state index contributed by atoms with van der Waals surface area (Å²) in [5.41, 5.74) is 2.59. The summed E-state index contributed by atoms with van der Waals surface area (Å²) in [6.07, 6.45) is 1.61. The van der Waals surface area contributed by atoms with Crippen LogP contribution in [0.25, 0.3) is 0 Å². The molecular formula is C17H27NO2. The van der Waals surface area contributed by atoms with E-state index in [9.17, 15) is 10.2 Å². The summed E-state index contributed by atoms with van der Waals surface area (Å²) in [5.74, 6) is 0. The average molecular weight is 277 g/mol. The molecule has 0 amide bonds. The fourth-order valence-electron chi connectivity index (χ4n) is 3.28. The number of hydrogen-bond donors (Lipinski definition) is 2. The SMILES string of the molecule is Cc1ccc(C)c(C(O)CN2CCCC2C(C)(C)O)c1. The molecule has 2 N–H and O–H groups in total. The smallest absolute Gasteiger partial charge is 0.0919 e. The zero-order chi connectivity index (χ0) is 14.9. The summed E-state index contributed by atoms with van der Waals surface area (Å²) >= 11 is 0. The summed E-state index contributed by atoms with van der Waals surface area (Å²) < 4.78 is 0. The van der Waals surface area contributed by atoms with Crippen LogP contribution in [0.2, 0.25) is 0 Å². The van der Waals surface area contributed by atoms with E-state index in [1.54, 1.807) is 0 Å². The van der Waals surface area contributed by atoms with E-state index >= 15 is 0 Å². The predicted octanol–water partition coefficient (Wildman–Crippen LogP) is 2.57. The van der Waals surface area contributed by atoms with E-state index in [4.69, 9.17) is 0 Å². The third-order valence-corrected chi connectivity index (χ3v) is 4.38. The maximum absolute atomic E-state index is 10.5. The molecule has 3 heteroatoms. The molecule has 1 aromatic rings. The number of aliphatic hydroxyl groups excluding tert-OH is 1. The van der Waals surface area contributed by atoms with Crippen molar-refractivity contribution in [3.8, 4) is 0 Å². The molecule has 1 aliphatic rings. The highest BCUT2D eigenvalue weighted by atomic mass is 16.3. The summed E-state index contributed by atoms with van der Waals surface area (Å²) in [7, 11) is 0. The first-order valence-electron chi connectivity index (χ1n) is 7.50. The van der Waals surface area contributed by atoms with Crippen LogP contribution in [0.5, 0.6) is 0 Å². The van der Waals surface area contributed by atoms with Crippen LogP contribution < -0.4 is 0 Å². The van der Waals surface area contributed by atoms with E-state index in [0.29, 0.717) is 6.54 Å². The lowest BCUT2D eigenvalue weighted by atomic mass is 9.95. The van der Waals surface area contributed by atoms with Crippen molar-refractivity contribution in [2.45, 2.75) is 58.3 Å². The third kappa shape index (κ3) is 3.40. The number of β-amino-alcohol motifs (C(OH)–C–C–N with tert-alkyl or cyclic N) is 1. The number of nitrogens with zero attached hydrogens (tertiary/aromatic N) is 1. The van der Waals surface area contributed by atoms with Crippen LogP contribution in [0.3, 0.4) is 0 Å². The fourth-order valence-corrected chi connectivity index (χ4v) is 3.28. The molecule has 1 aromatic carbocycles. The molecule has 0 saturated carbocycles. The molecule has 1 saturated heterocycles. The van der Waals surface area contributed by atoms with Crippen LogP contribution in [0.15, 0.2) is 18.2 Å². The minimum absolute atomic E-state index is 0.141. The highest BCUT2D eigenvalue weighted by Crippen LogP contribution is 2.29. The lowest BCUT2D eigenvalue weighted by molar-refractivity contribution is -0.0161. The Hall–Kier alpha value is -0.900. The van der Waals surface area contributed by atoms with Crippen LogP contribution in [-0.2, 0) is 0 Å². The van der Waals surface area contributed by atoms with Gasteiger partial charge in [0.25, 0.3) is 0 Å². The standard InChI is InChI=1S/C17H27NO2/c1-12-7-8-13(2)14(10-12)15(19)11-18-9-5-6-16(18)17(3,4)20/h7-8,10,15-16,19-20H,5-6,9,11H2,1-4H3. The predicted molar refractivity (Wildman–Crippen MR) is 81.8 cm³/mol. The zero-order valence-electron chi connectivity index (χ0n) is 13.1. The molecule has 1 heterocycles. The lowest BCUT2D eigenvalue weighted by Gasteiger charge is -2.35. The Morgan fingerprint density at radius 2 is 2.05 bits per heavy atom. The number of aliphatic hydroxyl groups is 2. The van der Waals surface area contributed by atoms with Crippen molar-refractivity contribution in [2.24, 2.45) is 0 Å². The monoisotopic (exact) mass is 277 g/mol. The molecule has 0 radical (unpaired) electrons. The van der Waals surface area contributed by atoms with Crippen molar-refractivity contribution in [3.63, 3.8) is 0 Å². The maximum atomic E-state index is 10.5. The molecular weight excluding hydrogens is 250 g/mol. The van der Waals surface area contributed by atoms with Crippen molar-refractivity contribution < 1.29 is 10.2 Å². The molecule has 2 rings (SSSR count). The van der Waals surface area contributed by atoms with E-state index in [1.807, 2.05) is 27.7 Å². The van der Waals surface area contributed by atoms with E-state index in [-0.39, 0.29) is 6.04 Å². The normalized spacial score (nSPS) is 22.2. The Kier molecular flexibility index (Phi) is 4.52. The Balaban J connectivity index is 2.11. The second kappa shape index (κ2) is 5.84. The second-order valence-electron chi connectivity index (χ2n) is 6.68. The summed E-state index contributed by atoms with van der Waals surface area (Å²) in [4.78, 5) is 2.23. The molecule has 112 valence electrons. The fraction of sp³-hybridized carbons (Fsp3) is 0.647. The van der Waals surface area contributed by atoms with Crippen molar-refractivity contribution in [3.05, 3.63) is 34.9 Å². The van der Waals surface area contributed by atoms with Gasteiger partial charge in [-0.15, -0.1) is 0 Å². The molecule has 0 spiro atoms. The van der Waals surface area contributed by atoms with Gasteiger partial charge in [0, 0.05) is 12.6 Å². The largest absolute Gasteiger partial charge is 0.389 e. The van der Waals surface area contributed by atoms with Gasteiger partial charge in [-0.05, 0) is 58.2 Å². The highest BCUT2D eigenvalue weighted by Gasteiger charge is 2.36. The van der Waals surface area contributed by atoms with Crippen LogP contribution in [-0.4, -0.2) is 39.8 Å². The van der Waals surface area contributed by atoms with E-state index in [0.717, 1.165) is 30.5 Å². The average Bonchev–Trinajstić information content (AvgIpc) is 2.80. The Bertz CT molecular complexity index is 465. The summed E-state index contributed by atoms with van der Waals surface area (Å²) in [6.45, 7) is 9.36. The van der Waals surface area contributed by atoms with Crippen LogP contribution in [0, 0.1) is 13.8 Å². The number of aryl methyl sites for hydroxylation is 2. The summed E-state index contributed by atoms with van der Waals surface area (Å²) in [5, 5.41) is 20.8. The van der Waals surface area contributed by atoms with Gasteiger partial charge in [0.2, 0.25) is 0 Å². The van der Waals surface area contributed by atoms with Crippen LogP contribution in [0.1, 0.15) is 49.5 Å². The van der Waals surface area contributed by atoms with Gasteiger partial charge in [-0.25, -0.2) is 0 Å². The van der Waals surface area contributed by atoms with E-state index < -0.39 is 11.7 Å². The molecule has 0 aliphatic carbocycles. The van der Waals surface area contributed by atoms with Gasteiger partial charge < -0.3 is 10.2 Å². The number of hydrogen-bond acceptors (Lipinski definition) is 3. The molecule has 0 aromatic heterocycles. The van der Waals surface area contributed by atoms with Gasteiger partial charge in [-0.1, -0.05) is 23.8 Å².